The molecule has 126 valence electrons. The largest absolute Gasteiger partial charge is 0.505 e. The third-order valence-electron chi connectivity index (χ3n) is 4.20. The first-order chi connectivity index (χ1) is 10.3. The Labute approximate surface area is 134 Å². The van der Waals surface area contributed by atoms with Crippen LogP contribution in [0.5, 0.6) is 0 Å². The van der Waals surface area contributed by atoms with Crippen LogP contribution >= 0.6 is 8.03 Å². The smallest absolute Gasteiger partial charge is 0.161 e. The van der Waals surface area contributed by atoms with E-state index in [0.717, 1.165) is 12.8 Å². The lowest BCUT2D eigenvalue weighted by Gasteiger charge is -2.03. The molecule has 0 aliphatic heterocycles. The Morgan fingerprint density at radius 3 is 1.14 bits per heavy atom. The first-order valence-electron chi connectivity index (χ1n) is 9.41. The second-order valence-corrected chi connectivity index (χ2v) is 7.53. The summed E-state index contributed by atoms with van der Waals surface area (Å²) in [6.07, 6.45) is 22.0. The number of hydrogen-bond donors (Lipinski definition) is 1. The molecular formula is C18H38O2P+. The Morgan fingerprint density at radius 2 is 0.857 bits per heavy atom. The van der Waals surface area contributed by atoms with Crippen LogP contribution < -0.4 is 0 Å². The van der Waals surface area contributed by atoms with Crippen molar-refractivity contribution in [3.63, 3.8) is 0 Å². The topological polar surface area (TPSA) is 37.3 Å². The van der Waals surface area contributed by atoms with Crippen LogP contribution in [0.3, 0.4) is 0 Å². The summed E-state index contributed by atoms with van der Waals surface area (Å²) in [6, 6.07) is 0. The van der Waals surface area contributed by atoms with Crippen LogP contribution in [-0.4, -0.2) is 11.1 Å². The van der Waals surface area contributed by atoms with Crippen LogP contribution in [0.2, 0.25) is 0 Å². The second-order valence-electron chi connectivity index (χ2n) is 6.38. The molecule has 0 saturated carbocycles. The molecule has 0 aromatic carbocycles. The third kappa shape index (κ3) is 20.1. The quantitative estimate of drug-likeness (QED) is 0.232. The van der Waals surface area contributed by atoms with Crippen molar-refractivity contribution in [2.45, 2.75) is 110 Å². The van der Waals surface area contributed by atoms with E-state index in [9.17, 15) is 4.57 Å². The van der Waals surface area contributed by atoms with Gasteiger partial charge in [-0.3, -0.25) is 0 Å². The van der Waals surface area contributed by atoms with E-state index < -0.39 is 8.03 Å². The molecule has 0 fully saturated rings. The maximum Gasteiger partial charge on any atom is 0.505 e. The molecule has 1 atom stereocenters. The highest BCUT2D eigenvalue weighted by Crippen LogP contribution is 2.17. The lowest BCUT2D eigenvalue weighted by atomic mass is 10.0. The van der Waals surface area contributed by atoms with Gasteiger partial charge in [-0.25, -0.2) is 0 Å². The minimum atomic E-state index is -1.89. The Hall–Kier alpha value is 0.0600. The summed E-state index contributed by atoms with van der Waals surface area (Å²) in [7, 11) is -1.89. The van der Waals surface area contributed by atoms with Gasteiger partial charge in [0.2, 0.25) is 0 Å². The van der Waals surface area contributed by atoms with Gasteiger partial charge in [-0.05, 0) is 17.4 Å². The van der Waals surface area contributed by atoms with E-state index in [-0.39, 0.29) is 0 Å². The van der Waals surface area contributed by atoms with Crippen molar-refractivity contribution in [1.29, 1.82) is 0 Å². The van der Waals surface area contributed by atoms with Gasteiger partial charge in [-0.15, -0.1) is 0 Å². The first-order valence-corrected chi connectivity index (χ1v) is 10.8. The molecule has 0 aromatic heterocycles. The fourth-order valence-electron chi connectivity index (χ4n) is 2.80. The van der Waals surface area contributed by atoms with Gasteiger partial charge in [-0.2, -0.15) is 4.89 Å². The minimum Gasteiger partial charge on any atom is -0.161 e. The van der Waals surface area contributed by atoms with Crippen molar-refractivity contribution in [3.05, 3.63) is 0 Å². The van der Waals surface area contributed by atoms with Gasteiger partial charge in [0.1, 0.15) is 0 Å². The summed E-state index contributed by atoms with van der Waals surface area (Å²) in [5.74, 6) is 0. The number of rotatable bonds is 17. The summed E-state index contributed by atoms with van der Waals surface area (Å²) in [4.78, 5) is 8.68. The highest BCUT2D eigenvalue weighted by Gasteiger charge is 2.07. The first kappa shape index (κ1) is 21.1. The predicted molar refractivity (Wildman–Crippen MR) is 94.2 cm³/mol. The second kappa shape index (κ2) is 18.1. The van der Waals surface area contributed by atoms with E-state index in [4.69, 9.17) is 4.89 Å². The molecule has 0 bridgehead atoms. The van der Waals surface area contributed by atoms with Crippen molar-refractivity contribution in [1.82, 2.24) is 0 Å². The van der Waals surface area contributed by atoms with E-state index in [1.54, 1.807) is 0 Å². The van der Waals surface area contributed by atoms with Gasteiger partial charge in [-0.1, -0.05) is 96.8 Å². The average Bonchev–Trinajstić information content (AvgIpc) is 2.46. The molecular weight excluding hydrogens is 279 g/mol. The van der Waals surface area contributed by atoms with Crippen LogP contribution in [0.1, 0.15) is 110 Å². The highest BCUT2D eigenvalue weighted by atomic mass is 31.1. The zero-order chi connectivity index (χ0) is 15.6. The molecule has 0 heterocycles. The molecule has 0 rings (SSSR count). The van der Waals surface area contributed by atoms with Crippen molar-refractivity contribution >= 4 is 8.03 Å². The van der Waals surface area contributed by atoms with E-state index >= 15 is 0 Å². The van der Waals surface area contributed by atoms with Gasteiger partial charge < -0.3 is 0 Å². The Bertz CT molecular complexity index is 219. The molecule has 1 N–H and O–H groups in total. The summed E-state index contributed by atoms with van der Waals surface area (Å²) >= 11 is 0. The Balaban J connectivity index is 2.95. The van der Waals surface area contributed by atoms with Gasteiger partial charge in [0.25, 0.3) is 0 Å². The zero-order valence-electron chi connectivity index (χ0n) is 14.3. The standard InChI is InChI=1S/C18H37O2P/c1-2-3-4-5-6-7-8-9-10-11-12-13-14-15-16-17-18-21(19)20/h2-18H2,1H3/p+1. The minimum absolute atomic E-state index is 0.494. The molecule has 0 spiro atoms. The number of unbranched alkanes of at least 4 members (excludes halogenated alkanes) is 15. The fourth-order valence-corrected chi connectivity index (χ4v) is 3.29. The predicted octanol–water partition coefficient (Wildman–Crippen LogP) is 6.98. The van der Waals surface area contributed by atoms with Crippen LogP contribution in [0, 0.1) is 0 Å². The van der Waals surface area contributed by atoms with Gasteiger partial charge in [0.15, 0.2) is 6.16 Å². The maximum atomic E-state index is 10.5. The summed E-state index contributed by atoms with van der Waals surface area (Å²) in [6.45, 7) is 2.28. The normalized spacial score (nSPS) is 11.8. The SMILES string of the molecule is CCCCCCCCCCCCCCCCCC[P+](=O)O. The summed E-state index contributed by atoms with van der Waals surface area (Å²) in [5.41, 5.74) is 0. The lowest BCUT2D eigenvalue weighted by Crippen LogP contribution is -1.84. The molecule has 2 nitrogen and oxygen atoms in total. The Kier molecular flexibility index (Phi) is 18.2. The van der Waals surface area contributed by atoms with Crippen LogP contribution in [0.15, 0.2) is 0 Å². The highest BCUT2D eigenvalue weighted by molar-refractivity contribution is 7.37. The summed E-state index contributed by atoms with van der Waals surface area (Å²) in [5, 5.41) is 0. The van der Waals surface area contributed by atoms with Gasteiger partial charge in [0, 0.05) is 0 Å². The zero-order valence-corrected chi connectivity index (χ0v) is 15.2. The maximum absolute atomic E-state index is 10.5. The van der Waals surface area contributed by atoms with Crippen LogP contribution in [0.4, 0.5) is 0 Å². The average molecular weight is 317 g/mol. The van der Waals surface area contributed by atoms with Crippen molar-refractivity contribution in [2.24, 2.45) is 0 Å². The van der Waals surface area contributed by atoms with Crippen LogP contribution in [-0.2, 0) is 4.57 Å². The monoisotopic (exact) mass is 317 g/mol. The molecule has 0 radical (unpaired) electrons. The van der Waals surface area contributed by atoms with Gasteiger partial charge in [0.05, 0.1) is 0 Å². The molecule has 3 heteroatoms. The lowest BCUT2D eigenvalue weighted by molar-refractivity contribution is 0.497. The van der Waals surface area contributed by atoms with Crippen molar-refractivity contribution < 1.29 is 9.46 Å². The molecule has 0 saturated heterocycles. The fraction of sp³-hybridized carbons (Fsp3) is 1.00. The third-order valence-corrected chi connectivity index (χ3v) is 4.90. The molecule has 0 aliphatic carbocycles. The van der Waals surface area contributed by atoms with E-state index in [1.807, 2.05) is 0 Å². The van der Waals surface area contributed by atoms with Gasteiger partial charge >= 0.3 is 8.03 Å². The van der Waals surface area contributed by atoms with E-state index in [1.165, 1.54) is 89.9 Å². The number of hydrogen-bond acceptors (Lipinski definition) is 1. The molecule has 0 amide bonds. The van der Waals surface area contributed by atoms with Crippen molar-refractivity contribution in [2.75, 3.05) is 6.16 Å². The van der Waals surface area contributed by atoms with Crippen LogP contribution in [0.25, 0.3) is 0 Å². The molecule has 1 unspecified atom stereocenters. The van der Waals surface area contributed by atoms with Crippen molar-refractivity contribution in [3.8, 4) is 0 Å². The van der Waals surface area contributed by atoms with E-state index in [2.05, 4.69) is 6.92 Å². The molecule has 0 aliphatic rings. The Morgan fingerprint density at radius 1 is 0.571 bits per heavy atom. The molecule has 0 aromatic rings. The molecule has 21 heavy (non-hydrogen) atoms. The summed E-state index contributed by atoms with van der Waals surface area (Å²) < 4.78 is 10.5. The van der Waals surface area contributed by atoms with E-state index in [0.29, 0.717) is 6.16 Å².